The summed E-state index contributed by atoms with van der Waals surface area (Å²) >= 11 is 0. The zero-order chi connectivity index (χ0) is 11.0. The van der Waals surface area contributed by atoms with E-state index in [9.17, 15) is 9.59 Å². The number of aromatic amines is 2. The molecule has 0 atom stereocenters. The average Bonchev–Trinajstić information content (AvgIpc) is 2.16. The molecule has 0 aliphatic carbocycles. The van der Waals surface area contributed by atoms with E-state index in [-0.39, 0.29) is 5.56 Å². The molecule has 2 rings (SSSR count). The third kappa shape index (κ3) is 1.63. The van der Waals surface area contributed by atoms with Crippen LogP contribution >= 0.6 is 0 Å². The average molecular weight is 205 g/mol. The van der Waals surface area contributed by atoms with Gasteiger partial charge < -0.3 is 9.88 Å². The monoisotopic (exact) mass is 205 g/mol. The SMILES string of the molecule is CN(C)c1ccc2[nH]c(=O)[nH]c(=O)c2c1. The van der Waals surface area contributed by atoms with Crippen molar-refractivity contribution >= 4 is 16.6 Å². The van der Waals surface area contributed by atoms with Gasteiger partial charge in [0.25, 0.3) is 5.56 Å². The molecule has 0 radical (unpaired) electrons. The third-order valence-electron chi connectivity index (χ3n) is 2.24. The predicted molar refractivity (Wildman–Crippen MR) is 59.5 cm³/mol. The molecule has 2 aromatic rings. The van der Waals surface area contributed by atoms with E-state index in [0.29, 0.717) is 10.9 Å². The Morgan fingerprint density at radius 3 is 2.53 bits per heavy atom. The molecule has 1 aromatic heterocycles. The van der Waals surface area contributed by atoms with Gasteiger partial charge in [-0.3, -0.25) is 9.78 Å². The first kappa shape index (κ1) is 9.51. The Morgan fingerprint density at radius 2 is 1.87 bits per heavy atom. The molecular formula is C10H11N3O2. The van der Waals surface area contributed by atoms with Crippen molar-refractivity contribution in [2.75, 3.05) is 19.0 Å². The number of nitrogens with one attached hydrogen (secondary N) is 2. The van der Waals surface area contributed by atoms with Gasteiger partial charge in [-0.05, 0) is 18.2 Å². The van der Waals surface area contributed by atoms with Crippen LogP contribution in [0.1, 0.15) is 0 Å². The number of fused-ring (bicyclic) bond motifs is 1. The number of rotatable bonds is 1. The Bertz CT molecular complexity index is 610. The molecule has 0 bridgehead atoms. The fraction of sp³-hybridized carbons (Fsp3) is 0.200. The van der Waals surface area contributed by atoms with E-state index in [0.717, 1.165) is 5.69 Å². The maximum absolute atomic E-state index is 11.5. The van der Waals surface area contributed by atoms with Crippen molar-refractivity contribution in [2.24, 2.45) is 0 Å². The molecule has 0 amide bonds. The highest BCUT2D eigenvalue weighted by molar-refractivity contribution is 5.81. The van der Waals surface area contributed by atoms with E-state index >= 15 is 0 Å². The van der Waals surface area contributed by atoms with E-state index in [2.05, 4.69) is 9.97 Å². The number of H-pyrrole nitrogens is 2. The molecule has 0 saturated heterocycles. The second-order valence-corrected chi connectivity index (χ2v) is 3.53. The van der Waals surface area contributed by atoms with Gasteiger partial charge in [0.05, 0.1) is 10.9 Å². The molecule has 0 saturated carbocycles. The van der Waals surface area contributed by atoms with Crippen LogP contribution in [0.25, 0.3) is 10.9 Å². The molecule has 0 fully saturated rings. The van der Waals surface area contributed by atoms with Gasteiger partial charge in [0.2, 0.25) is 0 Å². The van der Waals surface area contributed by atoms with Crippen LogP contribution < -0.4 is 16.1 Å². The van der Waals surface area contributed by atoms with Crippen molar-refractivity contribution in [1.82, 2.24) is 9.97 Å². The minimum Gasteiger partial charge on any atom is -0.378 e. The summed E-state index contributed by atoms with van der Waals surface area (Å²) in [5.74, 6) is 0. The Labute approximate surface area is 85.4 Å². The lowest BCUT2D eigenvalue weighted by Gasteiger charge is -2.12. The number of nitrogens with zero attached hydrogens (tertiary/aromatic N) is 1. The van der Waals surface area contributed by atoms with E-state index in [4.69, 9.17) is 0 Å². The lowest BCUT2D eigenvalue weighted by molar-refractivity contribution is 1.08. The van der Waals surface area contributed by atoms with Gasteiger partial charge in [-0.15, -0.1) is 0 Å². The van der Waals surface area contributed by atoms with Crippen LogP contribution in [0.15, 0.2) is 27.8 Å². The van der Waals surface area contributed by atoms with Crippen LogP contribution in [-0.4, -0.2) is 24.1 Å². The highest BCUT2D eigenvalue weighted by atomic mass is 16.2. The zero-order valence-corrected chi connectivity index (χ0v) is 8.50. The summed E-state index contributed by atoms with van der Waals surface area (Å²) in [5, 5.41) is 0.487. The van der Waals surface area contributed by atoms with Crippen LogP contribution in [0.5, 0.6) is 0 Å². The van der Waals surface area contributed by atoms with E-state index < -0.39 is 5.69 Å². The Morgan fingerprint density at radius 1 is 1.13 bits per heavy atom. The second kappa shape index (κ2) is 3.27. The van der Waals surface area contributed by atoms with Crippen molar-refractivity contribution in [3.8, 4) is 0 Å². The minimum absolute atomic E-state index is 0.363. The van der Waals surface area contributed by atoms with Crippen LogP contribution in [0.2, 0.25) is 0 Å². The van der Waals surface area contributed by atoms with Crippen LogP contribution in [-0.2, 0) is 0 Å². The molecule has 0 aliphatic heterocycles. The van der Waals surface area contributed by atoms with Crippen molar-refractivity contribution in [1.29, 1.82) is 0 Å². The van der Waals surface area contributed by atoms with Crippen molar-refractivity contribution in [2.45, 2.75) is 0 Å². The zero-order valence-electron chi connectivity index (χ0n) is 8.50. The summed E-state index contributed by atoms with van der Waals surface area (Å²) in [6, 6.07) is 5.31. The molecule has 0 unspecified atom stereocenters. The molecule has 78 valence electrons. The molecule has 0 aliphatic rings. The van der Waals surface area contributed by atoms with Gasteiger partial charge in [0, 0.05) is 19.8 Å². The normalized spacial score (nSPS) is 10.5. The molecule has 2 N–H and O–H groups in total. The van der Waals surface area contributed by atoms with Gasteiger partial charge >= 0.3 is 5.69 Å². The summed E-state index contributed by atoms with van der Waals surface area (Å²) in [4.78, 5) is 29.1. The first-order valence-corrected chi connectivity index (χ1v) is 4.51. The van der Waals surface area contributed by atoms with E-state index in [1.807, 2.05) is 25.1 Å². The molecule has 0 spiro atoms. The Hall–Kier alpha value is -2.04. The van der Waals surface area contributed by atoms with Gasteiger partial charge in [-0.1, -0.05) is 0 Å². The number of hydrogen-bond donors (Lipinski definition) is 2. The Balaban J connectivity index is 2.83. The fourth-order valence-corrected chi connectivity index (χ4v) is 1.43. The lowest BCUT2D eigenvalue weighted by Crippen LogP contribution is -2.22. The molecule has 5 heteroatoms. The van der Waals surface area contributed by atoms with Crippen LogP contribution in [0.4, 0.5) is 5.69 Å². The largest absolute Gasteiger partial charge is 0.378 e. The highest BCUT2D eigenvalue weighted by Gasteiger charge is 2.02. The first-order valence-electron chi connectivity index (χ1n) is 4.51. The number of hydrogen-bond acceptors (Lipinski definition) is 3. The molecule has 1 aromatic carbocycles. The molecule has 5 nitrogen and oxygen atoms in total. The summed E-state index contributed by atoms with van der Waals surface area (Å²) in [7, 11) is 3.78. The van der Waals surface area contributed by atoms with Gasteiger partial charge in [0.15, 0.2) is 0 Å². The summed E-state index contributed by atoms with van der Waals surface area (Å²) in [6.45, 7) is 0. The third-order valence-corrected chi connectivity index (χ3v) is 2.24. The second-order valence-electron chi connectivity index (χ2n) is 3.53. The standard InChI is InChI=1S/C10H11N3O2/c1-13(2)6-3-4-8-7(5-6)9(14)12-10(15)11-8/h3-5H,1-2H3,(H2,11,12,14,15). The van der Waals surface area contributed by atoms with Gasteiger partial charge in [-0.25, -0.2) is 4.79 Å². The number of anilines is 1. The van der Waals surface area contributed by atoms with Gasteiger partial charge in [0.1, 0.15) is 0 Å². The van der Waals surface area contributed by atoms with E-state index in [1.54, 1.807) is 12.1 Å². The smallest absolute Gasteiger partial charge is 0.326 e. The Kier molecular flexibility index (Phi) is 2.07. The molecule has 15 heavy (non-hydrogen) atoms. The summed E-state index contributed by atoms with van der Waals surface area (Å²) < 4.78 is 0. The number of benzene rings is 1. The fourth-order valence-electron chi connectivity index (χ4n) is 1.43. The van der Waals surface area contributed by atoms with Crippen molar-refractivity contribution in [3.05, 3.63) is 39.0 Å². The highest BCUT2D eigenvalue weighted by Crippen LogP contribution is 2.15. The predicted octanol–water partition coefficient (Wildman–Crippen LogP) is 0.282. The summed E-state index contributed by atoms with van der Waals surface area (Å²) in [6.07, 6.45) is 0. The van der Waals surface area contributed by atoms with Crippen LogP contribution in [0, 0.1) is 0 Å². The lowest BCUT2D eigenvalue weighted by atomic mass is 10.2. The quantitative estimate of drug-likeness (QED) is 0.702. The maximum atomic E-state index is 11.5. The van der Waals surface area contributed by atoms with Crippen molar-refractivity contribution < 1.29 is 0 Å². The summed E-state index contributed by atoms with van der Waals surface area (Å²) in [5.41, 5.74) is 0.622. The van der Waals surface area contributed by atoms with Crippen LogP contribution in [0.3, 0.4) is 0 Å². The maximum Gasteiger partial charge on any atom is 0.326 e. The first-order chi connectivity index (χ1) is 7.08. The topological polar surface area (TPSA) is 69.0 Å². The number of aromatic nitrogens is 2. The van der Waals surface area contributed by atoms with Gasteiger partial charge in [-0.2, -0.15) is 0 Å². The van der Waals surface area contributed by atoms with E-state index in [1.165, 1.54) is 0 Å². The molecule has 1 heterocycles. The molecular weight excluding hydrogens is 194 g/mol. The van der Waals surface area contributed by atoms with Crippen molar-refractivity contribution in [3.63, 3.8) is 0 Å². The minimum atomic E-state index is -0.481.